The largest absolute Gasteiger partial charge is 0.319 e. The highest BCUT2D eigenvalue weighted by Crippen LogP contribution is 2.14. The van der Waals surface area contributed by atoms with Crippen molar-refractivity contribution in [3.8, 4) is 0 Å². The normalized spacial score (nSPS) is 11.1. The first kappa shape index (κ1) is 10.2. The molecule has 0 saturated carbocycles. The number of fused-ring (bicyclic) bond motifs is 1. The van der Waals surface area contributed by atoms with Crippen molar-refractivity contribution < 1.29 is 0 Å². The number of aromatic nitrogens is 2. The number of hydrogen-bond acceptors (Lipinski definition) is 2. The van der Waals surface area contributed by atoms with Crippen LogP contribution in [0.15, 0.2) is 18.3 Å². The van der Waals surface area contributed by atoms with Gasteiger partial charge in [0.1, 0.15) is 5.82 Å². The first-order chi connectivity index (χ1) is 7.22. The lowest BCUT2D eigenvalue weighted by atomic mass is 10.2. The molecule has 80 valence electrons. The Bertz CT molecular complexity index is 471. The summed E-state index contributed by atoms with van der Waals surface area (Å²) in [4.78, 5) is 4.59. The lowest BCUT2D eigenvalue weighted by molar-refractivity contribution is 0.782. The smallest absolute Gasteiger partial charge is 0.110 e. The molecule has 0 aliphatic carbocycles. The van der Waals surface area contributed by atoms with Crippen molar-refractivity contribution in [1.82, 2.24) is 14.7 Å². The van der Waals surface area contributed by atoms with Crippen LogP contribution in [0.25, 0.3) is 5.52 Å². The maximum Gasteiger partial charge on any atom is 0.110 e. The molecule has 0 aromatic carbocycles. The molecule has 0 amide bonds. The molecule has 2 aromatic rings. The molecule has 15 heavy (non-hydrogen) atoms. The molecule has 1 N–H and O–H groups in total. The zero-order chi connectivity index (χ0) is 10.8. The molecule has 2 rings (SSSR count). The van der Waals surface area contributed by atoms with E-state index in [-0.39, 0.29) is 0 Å². The van der Waals surface area contributed by atoms with Crippen LogP contribution in [0.5, 0.6) is 0 Å². The second kappa shape index (κ2) is 4.03. The Hall–Kier alpha value is -1.35. The van der Waals surface area contributed by atoms with Gasteiger partial charge < -0.3 is 9.72 Å². The van der Waals surface area contributed by atoms with E-state index in [0.29, 0.717) is 0 Å². The number of likely N-dealkylation sites (N-methyl/N-ethyl adjacent to an activating group) is 1. The summed E-state index contributed by atoms with van der Waals surface area (Å²) in [5.41, 5.74) is 3.71. The second-order valence-corrected chi connectivity index (χ2v) is 3.92. The lowest BCUT2D eigenvalue weighted by Gasteiger charge is -2.00. The highest BCUT2D eigenvalue weighted by atomic mass is 15.0. The van der Waals surface area contributed by atoms with E-state index in [1.54, 1.807) is 0 Å². The number of pyridine rings is 1. The molecule has 0 unspecified atom stereocenters. The first-order valence-corrected chi connectivity index (χ1v) is 5.31. The summed E-state index contributed by atoms with van der Waals surface area (Å²) in [6, 6.07) is 4.31. The fraction of sp³-hybridized carbons (Fsp3) is 0.417. The number of aryl methyl sites for hydroxylation is 2. The molecule has 0 spiro atoms. The van der Waals surface area contributed by atoms with Crippen LogP contribution in [-0.2, 0) is 6.42 Å². The van der Waals surface area contributed by atoms with E-state index in [2.05, 4.69) is 40.0 Å². The zero-order valence-corrected chi connectivity index (χ0v) is 9.54. The van der Waals surface area contributed by atoms with Gasteiger partial charge in [-0.1, -0.05) is 0 Å². The Morgan fingerprint density at radius 1 is 1.40 bits per heavy atom. The van der Waals surface area contributed by atoms with Crippen LogP contribution < -0.4 is 5.32 Å². The SMILES string of the molecule is CNCCc1nc(C)n2ccc(C)cc12. The van der Waals surface area contributed by atoms with E-state index in [0.717, 1.165) is 18.8 Å². The van der Waals surface area contributed by atoms with Gasteiger partial charge in [-0.25, -0.2) is 4.98 Å². The van der Waals surface area contributed by atoms with E-state index < -0.39 is 0 Å². The summed E-state index contributed by atoms with van der Waals surface area (Å²) in [6.45, 7) is 5.13. The molecule has 0 aliphatic heterocycles. The zero-order valence-electron chi connectivity index (χ0n) is 9.54. The molecule has 0 bridgehead atoms. The summed E-state index contributed by atoms with van der Waals surface area (Å²) in [6.07, 6.45) is 3.08. The predicted molar refractivity (Wildman–Crippen MR) is 62.3 cm³/mol. The molecular weight excluding hydrogens is 186 g/mol. The van der Waals surface area contributed by atoms with Gasteiger partial charge in [-0.05, 0) is 38.6 Å². The molecule has 2 heterocycles. The van der Waals surface area contributed by atoms with Crippen molar-refractivity contribution in [2.75, 3.05) is 13.6 Å². The van der Waals surface area contributed by atoms with Gasteiger partial charge in [-0.2, -0.15) is 0 Å². The monoisotopic (exact) mass is 203 g/mol. The van der Waals surface area contributed by atoms with Crippen LogP contribution >= 0.6 is 0 Å². The van der Waals surface area contributed by atoms with Crippen LogP contribution in [0, 0.1) is 13.8 Å². The molecule has 0 saturated heterocycles. The molecule has 0 radical (unpaired) electrons. The van der Waals surface area contributed by atoms with Crippen molar-refractivity contribution >= 4 is 5.52 Å². The molecule has 0 atom stereocenters. The molecule has 0 fully saturated rings. The second-order valence-electron chi connectivity index (χ2n) is 3.92. The number of rotatable bonds is 3. The predicted octanol–water partition coefficient (Wildman–Crippen LogP) is 1.71. The summed E-state index contributed by atoms with van der Waals surface area (Å²) >= 11 is 0. The van der Waals surface area contributed by atoms with Crippen LogP contribution in [-0.4, -0.2) is 23.0 Å². The average Bonchev–Trinajstić information content (AvgIpc) is 2.52. The molecule has 3 nitrogen and oxygen atoms in total. The summed E-state index contributed by atoms with van der Waals surface area (Å²) in [7, 11) is 1.97. The van der Waals surface area contributed by atoms with Crippen LogP contribution in [0.3, 0.4) is 0 Å². The van der Waals surface area contributed by atoms with Crippen molar-refractivity contribution in [2.24, 2.45) is 0 Å². The third-order valence-corrected chi connectivity index (χ3v) is 2.66. The van der Waals surface area contributed by atoms with E-state index >= 15 is 0 Å². The number of imidazole rings is 1. The lowest BCUT2D eigenvalue weighted by Crippen LogP contribution is -2.10. The molecule has 0 aliphatic rings. The van der Waals surface area contributed by atoms with Crippen molar-refractivity contribution in [3.63, 3.8) is 0 Å². The minimum Gasteiger partial charge on any atom is -0.319 e. The van der Waals surface area contributed by atoms with Gasteiger partial charge in [0.15, 0.2) is 0 Å². The standard InChI is InChI=1S/C12H17N3/c1-9-5-7-15-10(2)14-11(4-6-13-3)12(15)8-9/h5,7-8,13H,4,6H2,1-3H3. The summed E-state index contributed by atoms with van der Waals surface area (Å²) in [5.74, 6) is 1.07. The molecular formula is C12H17N3. The Balaban J connectivity index is 2.49. The summed E-state index contributed by atoms with van der Waals surface area (Å²) in [5, 5.41) is 3.16. The maximum absolute atomic E-state index is 4.59. The van der Waals surface area contributed by atoms with E-state index in [4.69, 9.17) is 0 Å². The molecule has 2 aromatic heterocycles. The number of nitrogens with one attached hydrogen (secondary N) is 1. The topological polar surface area (TPSA) is 29.3 Å². The number of nitrogens with zero attached hydrogens (tertiary/aromatic N) is 2. The van der Waals surface area contributed by atoms with Gasteiger partial charge >= 0.3 is 0 Å². The van der Waals surface area contributed by atoms with Gasteiger partial charge in [0, 0.05) is 19.2 Å². The van der Waals surface area contributed by atoms with E-state index in [1.807, 2.05) is 14.0 Å². The first-order valence-electron chi connectivity index (χ1n) is 5.31. The van der Waals surface area contributed by atoms with Crippen molar-refractivity contribution in [1.29, 1.82) is 0 Å². The summed E-state index contributed by atoms with van der Waals surface area (Å²) < 4.78 is 2.15. The van der Waals surface area contributed by atoms with Gasteiger partial charge in [0.05, 0.1) is 11.2 Å². The van der Waals surface area contributed by atoms with Crippen LogP contribution in [0.1, 0.15) is 17.1 Å². The average molecular weight is 203 g/mol. The minimum atomic E-state index is 0.972. The minimum absolute atomic E-state index is 0.972. The van der Waals surface area contributed by atoms with Crippen molar-refractivity contribution in [2.45, 2.75) is 20.3 Å². The van der Waals surface area contributed by atoms with Crippen LogP contribution in [0.4, 0.5) is 0 Å². The van der Waals surface area contributed by atoms with Gasteiger partial charge in [-0.15, -0.1) is 0 Å². The highest BCUT2D eigenvalue weighted by molar-refractivity contribution is 5.55. The van der Waals surface area contributed by atoms with Gasteiger partial charge in [-0.3, -0.25) is 0 Å². The Kier molecular flexibility index (Phi) is 2.73. The highest BCUT2D eigenvalue weighted by Gasteiger charge is 2.06. The van der Waals surface area contributed by atoms with Gasteiger partial charge in [0.2, 0.25) is 0 Å². The Morgan fingerprint density at radius 3 is 2.93 bits per heavy atom. The quantitative estimate of drug-likeness (QED) is 0.823. The van der Waals surface area contributed by atoms with E-state index in [1.165, 1.54) is 16.8 Å². The number of hydrogen-bond donors (Lipinski definition) is 1. The van der Waals surface area contributed by atoms with Gasteiger partial charge in [0.25, 0.3) is 0 Å². The Morgan fingerprint density at radius 2 is 2.20 bits per heavy atom. The fourth-order valence-corrected chi connectivity index (χ4v) is 1.84. The molecule has 3 heteroatoms. The third-order valence-electron chi connectivity index (χ3n) is 2.66. The fourth-order valence-electron chi connectivity index (χ4n) is 1.84. The Labute approximate surface area is 90.1 Å². The van der Waals surface area contributed by atoms with Crippen LogP contribution in [0.2, 0.25) is 0 Å². The van der Waals surface area contributed by atoms with Crippen molar-refractivity contribution in [3.05, 3.63) is 35.4 Å². The van der Waals surface area contributed by atoms with E-state index in [9.17, 15) is 0 Å². The third kappa shape index (κ3) is 1.88. The maximum atomic E-state index is 4.59.